The number of anilines is 2. The first kappa shape index (κ1) is 27.2. The molecule has 0 unspecified atom stereocenters. The van der Waals surface area contributed by atoms with Gasteiger partial charge in [0.15, 0.2) is 5.78 Å². The number of carbonyl (C=O) groups is 1. The lowest BCUT2D eigenvalue weighted by atomic mass is 9.87. The maximum atomic E-state index is 13.4. The van der Waals surface area contributed by atoms with Gasteiger partial charge in [0.1, 0.15) is 5.69 Å². The second kappa shape index (κ2) is 10.8. The average molecular weight is 556 g/mol. The van der Waals surface area contributed by atoms with Crippen LogP contribution in [0.25, 0.3) is 11.3 Å². The number of ether oxygens (including phenoxy) is 1. The highest BCUT2D eigenvalue weighted by Gasteiger charge is 2.32. The minimum atomic E-state index is -0.227. The molecule has 1 N–H and O–H groups in total. The van der Waals surface area contributed by atoms with Crippen LogP contribution >= 0.6 is 0 Å². The molecule has 0 radical (unpaired) electrons. The summed E-state index contributed by atoms with van der Waals surface area (Å²) in [6.45, 7) is 11.3. The molecule has 0 saturated carbocycles. The number of benzene rings is 1. The molecule has 1 atom stereocenters. The van der Waals surface area contributed by atoms with Crippen molar-refractivity contribution < 1.29 is 9.53 Å². The highest BCUT2D eigenvalue weighted by molar-refractivity contribution is 5.94. The maximum absolute atomic E-state index is 13.4. The first-order valence-electron chi connectivity index (χ1n) is 14.2. The van der Waals surface area contributed by atoms with Crippen LogP contribution < -0.4 is 5.32 Å². The number of nitrogens with zero attached hydrogens (tertiary/aromatic N) is 8. The second-order valence-corrected chi connectivity index (χ2v) is 12.1. The van der Waals surface area contributed by atoms with Crippen LogP contribution in [0.3, 0.4) is 0 Å². The van der Waals surface area contributed by atoms with Gasteiger partial charge in [0.05, 0.1) is 48.1 Å². The van der Waals surface area contributed by atoms with E-state index in [0.29, 0.717) is 24.1 Å². The molecule has 0 spiro atoms. The lowest BCUT2D eigenvalue weighted by Gasteiger charge is -2.36. The molecular formula is C30H37N9O2. The van der Waals surface area contributed by atoms with Crippen molar-refractivity contribution >= 4 is 17.4 Å². The van der Waals surface area contributed by atoms with Crippen LogP contribution in [-0.4, -0.2) is 71.2 Å². The number of hydrogen-bond acceptors (Lipinski definition) is 9. The number of Topliss-reactive ketones (excluding diaryl/α,β-unsaturated/α-hetero) is 1. The predicted molar refractivity (Wildman–Crippen MR) is 155 cm³/mol. The van der Waals surface area contributed by atoms with Gasteiger partial charge in [-0.05, 0) is 69.8 Å². The Bertz CT molecular complexity index is 1560. The minimum absolute atomic E-state index is 0.0261. The summed E-state index contributed by atoms with van der Waals surface area (Å²) < 4.78 is 9.04. The fourth-order valence-corrected chi connectivity index (χ4v) is 5.50. The van der Waals surface area contributed by atoms with E-state index in [2.05, 4.69) is 48.8 Å². The normalized spacial score (nSPS) is 18.0. The smallest absolute Gasteiger partial charge is 0.227 e. The van der Waals surface area contributed by atoms with Gasteiger partial charge in [-0.25, -0.2) is 14.6 Å². The number of fused-ring (bicyclic) bond motifs is 1. The number of hydrogen-bond donors (Lipinski definition) is 1. The van der Waals surface area contributed by atoms with E-state index in [0.717, 1.165) is 55.4 Å². The Balaban J connectivity index is 1.28. The van der Waals surface area contributed by atoms with Gasteiger partial charge in [-0.1, -0.05) is 17.3 Å². The molecule has 2 aliphatic heterocycles. The van der Waals surface area contributed by atoms with Gasteiger partial charge < -0.3 is 10.1 Å². The number of nitrogens with one attached hydrogen (secondary N) is 1. The Morgan fingerprint density at radius 3 is 2.68 bits per heavy atom. The Morgan fingerprint density at radius 2 is 2.00 bits per heavy atom. The zero-order valence-corrected chi connectivity index (χ0v) is 24.3. The van der Waals surface area contributed by atoms with Gasteiger partial charge in [-0.3, -0.25) is 14.4 Å². The first-order valence-corrected chi connectivity index (χ1v) is 14.2. The highest BCUT2D eigenvalue weighted by Crippen LogP contribution is 2.36. The standard InChI is InChI=1S/C30H37N9O2/c1-19-26(15-37(5)35-19)33-29-31-10-8-25(32-29)21-6-7-24-20(9-11-38(14-22(24)12-21)23-17-41-18-23)13-28(40)27-16-39(36-34-27)30(2,3)4/h6-8,10,12,15-16,20,23H,9,11,13-14,17-18H2,1-5H3,(H,31,32,33)/t20-/m0/s1. The summed E-state index contributed by atoms with van der Waals surface area (Å²) in [5.74, 6) is 0.639. The van der Waals surface area contributed by atoms with Gasteiger partial charge in [0.2, 0.25) is 5.95 Å². The van der Waals surface area contributed by atoms with Crippen molar-refractivity contribution in [2.45, 2.75) is 64.6 Å². The van der Waals surface area contributed by atoms with Crippen LogP contribution in [0.1, 0.15) is 66.8 Å². The summed E-state index contributed by atoms with van der Waals surface area (Å²) in [5, 5.41) is 16.1. The van der Waals surface area contributed by atoms with Crippen LogP contribution in [0, 0.1) is 6.92 Å². The molecule has 1 fully saturated rings. The summed E-state index contributed by atoms with van der Waals surface area (Å²) in [7, 11) is 1.89. The van der Waals surface area contributed by atoms with E-state index in [1.165, 1.54) is 11.1 Å². The lowest BCUT2D eigenvalue weighted by molar-refractivity contribution is -0.0677. The molecule has 1 aromatic carbocycles. The van der Waals surface area contributed by atoms with E-state index >= 15 is 0 Å². The summed E-state index contributed by atoms with van der Waals surface area (Å²) in [5.41, 5.74) is 6.24. The summed E-state index contributed by atoms with van der Waals surface area (Å²) in [6.07, 6.45) is 6.75. The Hall–Kier alpha value is -3.96. The topological polar surface area (TPSA) is 116 Å². The van der Waals surface area contributed by atoms with Crippen LogP contribution in [0.2, 0.25) is 0 Å². The summed E-state index contributed by atoms with van der Waals surface area (Å²) >= 11 is 0. The average Bonchev–Trinajstić information content (AvgIpc) is 3.48. The van der Waals surface area contributed by atoms with Gasteiger partial charge in [-0.15, -0.1) is 5.10 Å². The third-order valence-electron chi connectivity index (χ3n) is 7.97. The molecule has 214 valence electrons. The Labute approximate surface area is 239 Å². The molecule has 1 saturated heterocycles. The fourth-order valence-electron chi connectivity index (χ4n) is 5.50. The molecule has 3 aromatic heterocycles. The van der Waals surface area contributed by atoms with Gasteiger partial charge in [0, 0.05) is 38.0 Å². The molecule has 0 bridgehead atoms. The molecule has 0 aliphatic carbocycles. The molecule has 2 aliphatic rings. The van der Waals surface area contributed by atoms with Crippen molar-refractivity contribution in [3.8, 4) is 11.3 Å². The van der Waals surface area contributed by atoms with Gasteiger partial charge in [-0.2, -0.15) is 5.10 Å². The van der Waals surface area contributed by atoms with Crippen molar-refractivity contribution in [2.75, 3.05) is 25.1 Å². The Morgan fingerprint density at radius 1 is 1.17 bits per heavy atom. The number of aryl methyl sites for hydroxylation is 2. The predicted octanol–water partition coefficient (Wildman–Crippen LogP) is 4.24. The summed E-state index contributed by atoms with van der Waals surface area (Å²) in [6, 6.07) is 8.84. The van der Waals surface area contributed by atoms with Crippen molar-refractivity contribution in [2.24, 2.45) is 7.05 Å². The molecule has 0 amide bonds. The van der Waals surface area contributed by atoms with E-state index in [9.17, 15) is 4.79 Å². The van der Waals surface area contributed by atoms with E-state index < -0.39 is 0 Å². The molecule has 5 heterocycles. The lowest BCUT2D eigenvalue weighted by Crippen LogP contribution is -2.48. The SMILES string of the molecule is Cc1nn(C)cc1Nc1nccc(-c2ccc3c(c2)CN(C2COC2)CC[C@H]3CC(=O)c2cn(C(C)(C)C)nn2)n1. The van der Waals surface area contributed by atoms with Crippen molar-refractivity contribution in [1.29, 1.82) is 0 Å². The number of aromatic nitrogens is 7. The van der Waals surface area contributed by atoms with E-state index in [-0.39, 0.29) is 17.2 Å². The van der Waals surface area contributed by atoms with Crippen molar-refractivity contribution in [1.82, 2.24) is 39.6 Å². The maximum Gasteiger partial charge on any atom is 0.227 e. The summed E-state index contributed by atoms with van der Waals surface area (Å²) in [4.78, 5) is 25.1. The fraction of sp³-hybridized carbons (Fsp3) is 0.467. The number of rotatable bonds is 7. The minimum Gasteiger partial charge on any atom is -0.378 e. The largest absolute Gasteiger partial charge is 0.378 e. The second-order valence-electron chi connectivity index (χ2n) is 12.1. The van der Waals surface area contributed by atoms with Crippen LogP contribution in [0.5, 0.6) is 0 Å². The number of carbonyl (C=O) groups excluding carboxylic acids is 1. The molecule has 4 aromatic rings. The highest BCUT2D eigenvalue weighted by atomic mass is 16.5. The van der Waals surface area contributed by atoms with E-state index in [1.54, 1.807) is 21.8 Å². The number of ketones is 1. The molecular weight excluding hydrogens is 518 g/mol. The molecule has 41 heavy (non-hydrogen) atoms. The first-order chi connectivity index (χ1) is 19.6. The van der Waals surface area contributed by atoms with Crippen LogP contribution in [0.4, 0.5) is 11.6 Å². The Kier molecular flexibility index (Phi) is 7.16. The van der Waals surface area contributed by atoms with Crippen LogP contribution in [0.15, 0.2) is 42.9 Å². The van der Waals surface area contributed by atoms with Crippen molar-refractivity contribution in [3.05, 3.63) is 65.4 Å². The zero-order valence-electron chi connectivity index (χ0n) is 24.3. The van der Waals surface area contributed by atoms with E-state index in [4.69, 9.17) is 9.72 Å². The van der Waals surface area contributed by atoms with Gasteiger partial charge in [0.25, 0.3) is 0 Å². The van der Waals surface area contributed by atoms with Gasteiger partial charge >= 0.3 is 0 Å². The third kappa shape index (κ3) is 5.77. The third-order valence-corrected chi connectivity index (χ3v) is 7.97. The zero-order chi connectivity index (χ0) is 28.7. The molecule has 6 rings (SSSR count). The quantitative estimate of drug-likeness (QED) is 0.334. The molecule has 11 nitrogen and oxygen atoms in total. The monoisotopic (exact) mass is 555 g/mol. The van der Waals surface area contributed by atoms with Crippen LogP contribution in [-0.2, 0) is 23.9 Å². The van der Waals surface area contributed by atoms with E-state index in [1.807, 2.05) is 47.0 Å². The molecule has 11 heteroatoms. The van der Waals surface area contributed by atoms with Crippen molar-refractivity contribution in [3.63, 3.8) is 0 Å².